The average molecular weight is 468 g/mol. The fourth-order valence-electron chi connectivity index (χ4n) is 3.61. The molecule has 1 aromatic carbocycles. The van der Waals surface area contributed by atoms with Gasteiger partial charge in [-0.25, -0.2) is 0 Å². The molecule has 3 aromatic rings. The zero-order valence-corrected chi connectivity index (χ0v) is 19.7. The van der Waals surface area contributed by atoms with Crippen LogP contribution in [0.5, 0.6) is 5.75 Å². The highest BCUT2D eigenvalue weighted by molar-refractivity contribution is 7.15. The lowest BCUT2D eigenvalue weighted by molar-refractivity contribution is -0.117. The van der Waals surface area contributed by atoms with Crippen LogP contribution in [0.4, 0.5) is 5.13 Å². The first kappa shape index (κ1) is 22.7. The summed E-state index contributed by atoms with van der Waals surface area (Å²) in [5.41, 5.74) is 0.537. The van der Waals surface area contributed by atoms with E-state index in [0.29, 0.717) is 39.7 Å². The number of ketones is 1. The maximum atomic E-state index is 13.4. The van der Waals surface area contributed by atoms with Gasteiger partial charge in [0.2, 0.25) is 10.9 Å². The minimum absolute atomic E-state index is 0.0477. The van der Waals surface area contributed by atoms with E-state index in [4.69, 9.17) is 9.15 Å². The standard InChI is InChI=1S/C24H25N3O5S/c1-13(2)10-11-31-17-7-5-6-16(12-17)20-19(21(28)18-9-8-14(3)32-18)22(29)23(30)27(20)24-26-25-15(4)33-24/h5-9,12-13,20,29H,10-11H2,1-4H3. The van der Waals surface area contributed by atoms with Crippen molar-refractivity contribution in [3.8, 4) is 5.75 Å². The zero-order valence-electron chi connectivity index (χ0n) is 18.9. The molecule has 2 aromatic heterocycles. The van der Waals surface area contributed by atoms with Gasteiger partial charge in [0.25, 0.3) is 5.91 Å². The highest BCUT2D eigenvalue weighted by Crippen LogP contribution is 2.43. The second kappa shape index (κ2) is 9.19. The van der Waals surface area contributed by atoms with Crippen LogP contribution in [-0.2, 0) is 4.79 Å². The number of furan rings is 1. The van der Waals surface area contributed by atoms with E-state index >= 15 is 0 Å². The number of Topliss-reactive ketones (excluding diaryl/α,β-unsaturated/α-hetero) is 1. The molecule has 0 spiro atoms. The normalized spacial score (nSPS) is 16.2. The number of aliphatic hydroxyl groups is 1. The van der Waals surface area contributed by atoms with Crippen molar-refractivity contribution < 1.29 is 23.8 Å². The van der Waals surface area contributed by atoms with Crippen LogP contribution < -0.4 is 9.64 Å². The summed E-state index contributed by atoms with van der Waals surface area (Å²) in [6.45, 7) is 8.27. The smallest absolute Gasteiger partial charge is 0.296 e. The molecule has 1 atom stereocenters. The molecule has 0 radical (unpaired) electrons. The Morgan fingerprint density at radius 1 is 1.24 bits per heavy atom. The summed E-state index contributed by atoms with van der Waals surface area (Å²) in [6, 6.07) is 9.46. The number of rotatable bonds is 8. The Morgan fingerprint density at radius 3 is 2.67 bits per heavy atom. The Labute approximate surface area is 195 Å². The second-order valence-corrected chi connectivity index (χ2v) is 9.45. The first-order valence-electron chi connectivity index (χ1n) is 10.7. The molecule has 0 fully saturated rings. The SMILES string of the molecule is Cc1ccc(C(=O)C2=C(O)C(=O)N(c3nnc(C)s3)C2c2cccc(OCCC(C)C)c2)o1. The number of hydrogen-bond donors (Lipinski definition) is 1. The number of hydrogen-bond acceptors (Lipinski definition) is 8. The van der Waals surface area contributed by atoms with Crippen molar-refractivity contribution in [3.63, 3.8) is 0 Å². The van der Waals surface area contributed by atoms with E-state index in [1.807, 2.05) is 6.07 Å². The Bertz CT molecular complexity index is 1230. The third-order valence-electron chi connectivity index (χ3n) is 5.28. The molecule has 8 nitrogen and oxygen atoms in total. The van der Waals surface area contributed by atoms with E-state index < -0.39 is 23.5 Å². The predicted octanol–water partition coefficient (Wildman–Crippen LogP) is 4.96. The first-order chi connectivity index (χ1) is 15.8. The number of carbonyl (C=O) groups excluding carboxylic acids is 2. The van der Waals surface area contributed by atoms with Gasteiger partial charge in [0.1, 0.15) is 16.5 Å². The van der Waals surface area contributed by atoms with Gasteiger partial charge in [0.15, 0.2) is 11.5 Å². The number of benzene rings is 1. The monoisotopic (exact) mass is 467 g/mol. The first-order valence-corrected chi connectivity index (χ1v) is 11.5. The van der Waals surface area contributed by atoms with E-state index in [9.17, 15) is 14.7 Å². The molecule has 1 unspecified atom stereocenters. The summed E-state index contributed by atoms with van der Waals surface area (Å²) in [7, 11) is 0. The molecule has 0 saturated heterocycles. The number of nitrogens with zero attached hydrogens (tertiary/aromatic N) is 3. The lowest BCUT2D eigenvalue weighted by Gasteiger charge is -2.24. The molecule has 9 heteroatoms. The fourth-order valence-corrected chi connectivity index (χ4v) is 4.32. The molecular formula is C24H25N3O5S. The summed E-state index contributed by atoms with van der Waals surface area (Å²) >= 11 is 1.20. The maximum Gasteiger partial charge on any atom is 0.296 e. The van der Waals surface area contributed by atoms with Gasteiger partial charge < -0.3 is 14.3 Å². The topological polar surface area (TPSA) is 106 Å². The van der Waals surface area contributed by atoms with Gasteiger partial charge in [0, 0.05) is 0 Å². The molecule has 0 aliphatic carbocycles. The maximum absolute atomic E-state index is 13.4. The van der Waals surface area contributed by atoms with Crippen molar-refractivity contribution >= 4 is 28.2 Å². The van der Waals surface area contributed by atoms with Crippen molar-refractivity contribution in [1.82, 2.24) is 10.2 Å². The van der Waals surface area contributed by atoms with E-state index in [1.54, 1.807) is 38.1 Å². The molecule has 3 heterocycles. The van der Waals surface area contributed by atoms with Gasteiger partial charge in [-0.3, -0.25) is 14.5 Å². The average Bonchev–Trinajstić information content (AvgIpc) is 3.46. The third kappa shape index (κ3) is 4.54. The number of carbonyl (C=O) groups is 2. The molecule has 1 aliphatic heterocycles. The zero-order chi connectivity index (χ0) is 23.7. The molecule has 1 N–H and O–H groups in total. The second-order valence-electron chi connectivity index (χ2n) is 8.29. The predicted molar refractivity (Wildman–Crippen MR) is 124 cm³/mol. The number of amides is 1. The lowest BCUT2D eigenvalue weighted by Crippen LogP contribution is -2.31. The number of aromatic nitrogens is 2. The van der Waals surface area contributed by atoms with Gasteiger partial charge in [-0.1, -0.05) is 37.3 Å². The van der Waals surface area contributed by atoms with E-state index in [2.05, 4.69) is 24.0 Å². The number of aliphatic hydroxyl groups excluding tert-OH is 1. The largest absolute Gasteiger partial charge is 0.503 e. The van der Waals surface area contributed by atoms with Gasteiger partial charge in [0.05, 0.1) is 18.2 Å². The van der Waals surface area contributed by atoms with Crippen molar-refractivity contribution in [1.29, 1.82) is 0 Å². The van der Waals surface area contributed by atoms with Crippen LogP contribution in [0.25, 0.3) is 0 Å². The van der Waals surface area contributed by atoms with Crippen LogP contribution in [0, 0.1) is 19.8 Å². The Kier molecular flexibility index (Phi) is 6.33. The molecule has 4 rings (SSSR count). The van der Waals surface area contributed by atoms with Crippen molar-refractivity contribution in [3.05, 3.63) is 69.8 Å². The molecule has 1 amide bonds. The van der Waals surface area contributed by atoms with Gasteiger partial charge in [-0.2, -0.15) is 0 Å². The van der Waals surface area contributed by atoms with E-state index in [-0.39, 0.29) is 11.3 Å². The quantitative estimate of drug-likeness (QED) is 0.467. The number of anilines is 1. The Balaban J connectivity index is 1.77. The van der Waals surface area contributed by atoms with Crippen LogP contribution in [0.3, 0.4) is 0 Å². The minimum Gasteiger partial charge on any atom is -0.503 e. The summed E-state index contributed by atoms with van der Waals surface area (Å²) in [5, 5.41) is 19.8. The molecular weight excluding hydrogens is 442 g/mol. The highest BCUT2D eigenvalue weighted by atomic mass is 32.1. The minimum atomic E-state index is -0.906. The molecule has 1 aliphatic rings. The summed E-state index contributed by atoms with van der Waals surface area (Å²) in [4.78, 5) is 27.8. The molecule has 33 heavy (non-hydrogen) atoms. The molecule has 0 bridgehead atoms. The Hall–Kier alpha value is -3.46. The van der Waals surface area contributed by atoms with Gasteiger partial charge in [-0.05, 0) is 56.0 Å². The van der Waals surface area contributed by atoms with Crippen molar-refractivity contribution in [2.45, 2.75) is 40.2 Å². The van der Waals surface area contributed by atoms with Crippen LogP contribution in [0.1, 0.15) is 53.2 Å². The number of ether oxygens (including phenoxy) is 1. The molecule has 0 saturated carbocycles. The molecule has 172 valence electrons. The summed E-state index contributed by atoms with van der Waals surface area (Å²) in [6.07, 6.45) is 0.893. The highest BCUT2D eigenvalue weighted by Gasteiger charge is 2.46. The van der Waals surface area contributed by atoms with Crippen LogP contribution in [0.15, 0.2) is 52.1 Å². The third-order valence-corrected chi connectivity index (χ3v) is 6.11. The van der Waals surface area contributed by atoms with Gasteiger partial charge >= 0.3 is 0 Å². The Morgan fingerprint density at radius 2 is 2.03 bits per heavy atom. The van der Waals surface area contributed by atoms with Crippen LogP contribution in [0.2, 0.25) is 0 Å². The summed E-state index contributed by atoms with van der Waals surface area (Å²) in [5.74, 6) is -0.192. The van der Waals surface area contributed by atoms with Crippen molar-refractivity contribution in [2.75, 3.05) is 11.5 Å². The fraction of sp³-hybridized carbons (Fsp3) is 0.333. The lowest BCUT2D eigenvalue weighted by atomic mass is 9.95. The van der Waals surface area contributed by atoms with Crippen LogP contribution >= 0.6 is 11.3 Å². The van der Waals surface area contributed by atoms with E-state index in [1.165, 1.54) is 22.3 Å². The van der Waals surface area contributed by atoms with Crippen molar-refractivity contribution in [2.24, 2.45) is 5.92 Å². The van der Waals surface area contributed by atoms with Gasteiger partial charge in [-0.15, -0.1) is 10.2 Å². The van der Waals surface area contributed by atoms with E-state index in [0.717, 1.165) is 6.42 Å². The number of aryl methyl sites for hydroxylation is 2. The summed E-state index contributed by atoms with van der Waals surface area (Å²) < 4.78 is 11.4. The van der Waals surface area contributed by atoms with Crippen LogP contribution in [-0.4, -0.2) is 33.6 Å².